The number of fused-ring (bicyclic) bond motifs is 4. The van der Waals surface area contributed by atoms with E-state index in [2.05, 4.69) is 16.9 Å². The summed E-state index contributed by atoms with van der Waals surface area (Å²) in [6.45, 7) is 3.12. The third-order valence-corrected chi connectivity index (χ3v) is 8.11. The van der Waals surface area contributed by atoms with Crippen molar-refractivity contribution in [2.24, 2.45) is 0 Å². The van der Waals surface area contributed by atoms with Crippen molar-refractivity contribution in [3.63, 3.8) is 0 Å². The molecular formula is C27H29ClN4O3. The lowest BCUT2D eigenvalue weighted by atomic mass is 9.81. The van der Waals surface area contributed by atoms with Crippen molar-refractivity contribution in [2.45, 2.75) is 50.2 Å². The molecule has 6 rings (SSSR count). The van der Waals surface area contributed by atoms with Gasteiger partial charge in [-0.15, -0.1) is 0 Å². The number of H-pyrrole nitrogens is 1. The second kappa shape index (κ2) is 8.00. The Morgan fingerprint density at radius 1 is 1.20 bits per heavy atom. The zero-order valence-electron chi connectivity index (χ0n) is 19.9. The number of aromatic hydroxyl groups is 1. The maximum Gasteiger partial charge on any atom is 0.328 e. The van der Waals surface area contributed by atoms with Crippen LogP contribution in [0.3, 0.4) is 0 Å². The first-order valence-electron chi connectivity index (χ1n) is 12.2. The quantitative estimate of drug-likeness (QED) is 0.490. The number of carbonyl (C=O) groups is 2. The number of amides is 3. The maximum absolute atomic E-state index is 13.8. The van der Waals surface area contributed by atoms with E-state index in [1.807, 2.05) is 31.2 Å². The zero-order chi connectivity index (χ0) is 24.5. The number of carbonyl (C=O) groups excluding carboxylic acids is 2. The van der Waals surface area contributed by atoms with Gasteiger partial charge in [-0.05, 0) is 81.2 Å². The van der Waals surface area contributed by atoms with Gasteiger partial charge < -0.3 is 15.0 Å². The highest BCUT2D eigenvalue weighted by molar-refractivity contribution is 6.31. The van der Waals surface area contributed by atoms with Gasteiger partial charge in [0.1, 0.15) is 17.3 Å². The van der Waals surface area contributed by atoms with Crippen LogP contribution in [0.25, 0.3) is 10.9 Å². The summed E-state index contributed by atoms with van der Waals surface area (Å²) < 4.78 is 0. The van der Waals surface area contributed by atoms with Gasteiger partial charge in [-0.25, -0.2) is 4.79 Å². The fourth-order valence-corrected chi connectivity index (χ4v) is 6.07. The molecule has 1 aromatic heterocycles. The fourth-order valence-electron chi connectivity index (χ4n) is 5.90. The molecule has 35 heavy (non-hydrogen) atoms. The van der Waals surface area contributed by atoms with Crippen LogP contribution in [0.4, 0.5) is 4.79 Å². The van der Waals surface area contributed by atoms with Crippen LogP contribution in [0.2, 0.25) is 5.02 Å². The Bertz CT molecular complexity index is 1350. The number of phenols is 1. The molecule has 3 amide bonds. The van der Waals surface area contributed by atoms with Gasteiger partial charge in [0.15, 0.2) is 0 Å². The summed E-state index contributed by atoms with van der Waals surface area (Å²) in [5.41, 5.74) is 2.49. The molecule has 8 heteroatoms. The van der Waals surface area contributed by atoms with Crippen LogP contribution in [0.15, 0.2) is 42.5 Å². The van der Waals surface area contributed by atoms with E-state index in [4.69, 9.17) is 11.6 Å². The Morgan fingerprint density at radius 2 is 2.00 bits per heavy atom. The molecule has 1 saturated heterocycles. The van der Waals surface area contributed by atoms with Gasteiger partial charge in [-0.1, -0.05) is 23.7 Å². The molecule has 0 radical (unpaired) electrons. The number of imide groups is 1. The van der Waals surface area contributed by atoms with Crippen molar-refractivity contribution in [2.75, 3.05) is 20.1 Å². The summed E-state index contributed by atoms with van der Waals surface area (Å²) in [4.78, 5) is 36.6. The van der Waals surface area contributed by atoms with Crippen molar-refractivity contribution >= 4 is 34.4 Å². The first-order valence-corrected chi connectivity index (χ1v) is 12.6. The molecule has 2 atom stereocenters. The highest BCUT2D eigenvalue weighted by Gasteiger charge is 2.60. The maximum atomic E-state index is 13.8. The Morgan fingerprint density at radius 3 is 2.74 bits per heavy atom. The van der Waals surface area contributed by atoms with E-state index >= 15 is 0 Å². The molecule has 2 aromatic carbocycles. The Kier molecular flexibility index (Phi) is 5.13. The van der Waals surface area contributed by atoms with E-state index in [1.165, 1.54) is 17.7 Å². The molecule has 1 saturated carbocycles. The van der Waals surface area contributed by atoms with E-state index in [1.54, 1.807) is 23.1 Å². The average molecular weight is 493 g/mol. The van der Waals surface area contributed by atoms with E-state index in [9.17, 15) is 14.7 Å². The van der Waals surface area contributed by atoms with Crippen LogP contribution in [-0.2, 0) is 11.2 Å². The van der Waals surface area contributed by atoms with Crippen molar-refractivity contribution < 1.29 is 14.7 Å². The van der Waals surface area contributed by atoms with Crippen molar-refractivity contribution in [3.05, 3.63) is 64.3 Å². The number of hydrogen-bond donors (Lipinski definition) is 2. The van der Waals surface area contributed by atoms with Gasteiger partial charge in [0.05, 0.1) is 0 Å². The standard InChI is InChI=1S/C27H29ClN4O3/c1-27-15-21-20-14-17(28)7-10-22(20)29-23(21)24(16-5-3-6-19(33)13-16)32(27)26(35)31(25(27)34)12-4-11-30(2)18-8-9-18/h3,5-7,10,13-14,18,24,29,33H,4,8-9,11-12,15H2,1-2H3/t24-,27+/m1/s1. The molecule has 0 bridgehead atoms. The number of aromatic amines is 1. The van der Waals surface area contributed by atoms with Gasteiger partial charge >= 0.3 is 6.03 Å². The van der Waals surface area contributed by atoms with Crippen molar-refractivity contribution in [3.8, 4) is 5.75 Å². The Hall–Kier alpha value is -3.03. The minimum atomic E-state index is -1.03. The van der Waals surface area contributed by atoms with Crippen LogP contribution >= 0.6 is 11.6 Å². The summed E-state index contributed by atoms with van der Waals surface area (Å²) in [6, 6.07) is 12.4. The van der Waals surface area contributed by atoms with Crippen molar-refractivity contribution in [1.82, 2.24) is 19.7 Å². The minimum absolute atomic E-state index is 0.119. The van der Waals surface area contributed by atoms with E-state index in [0.29, 0.717) is 24.0 Å². The number of halogens is 1. The summed E-state index contributed by atoms with van der Waals surface area (Å²) in [5.74, 6) is -0.0443. The summed E-state index contributed by atoms with van der Waals surface area (Å²) >= 11 is 6.33. The first-order chi connectivity index (χ1) is 16.8. The van der Waals surface area contributed by atoms with E-state index in [0.717, 1.165) is 40.7 Å². The normalized spacial score (nSPS) is 23.9. The van der Waals surface area contributed by atoms with E-state index in [-0.39, 0.29) is 17.7 Å². The summed E-state index contributed by atoms with van der Waals surface area (Å²) in [7, 11) is 2.11. The number of nitrogens with one attached hydrogen (secondary N) is 1. The topological polar surface area (TPSA) is 79.9 Å². The summed E-state index contributed by atoms with van der Waals surface area (Å²) in [5, 5.41) is 11.8. The second-order valence-corrected chi connectivity index (χ2v) is 10.8. The highest BCUT2D eigenvalue weighted by Crippen LogP contribution is 2.49. The number of hydrogen-bond acceptors (Lipinski definition) is 4. The van der Waals surface area contributed by atoms with Crippen LogP contribution in [0.5, 0.6) is 5.75 Å². The van der Waals surface area contributed by atoms with Gasteiger partial charge in [0.2, 0.25) is 0 Å². The Labute approximate surface area is 209 Å². The molecular weight excluding hydrogens is 464 g/mol. The van der Waals surface area contributed by atoms with Crippen LogP contribution in [0.1, 0.15) is 49.0 Å². The molecule has 3 aliphatic rings. The fraction of sp³-hybridized carbons (Fsp3) is 0.407. The highest BCUT2D eigenvalue weighted by atomic mass is 35.5. The lowest BCUT2D eigenvalue weighted by Gasteiger charge is -2.42. The van der Waals surface area contributed by atoms with Crippen LogP contribution in [0, 0.1) is 0 Å². The largest absolute Gasteiger partial charge is 0.508 e. The van der Waals surface area contributed by atoms with Gasteiger partial charge in [-0.2, -0.15) is 0 Å². The molecule has 3 aromatic rings. The predicted octanol–water partition coefficient (Wildman–Crippen LogP) is 4.68. The predicted molar refractivity (Wildman–Crippen MR) is 135 cm³/mol. The average Bonchev–Trinajstić information content (AvgIpc) is 3.60. The number of phenolic OH excluding ortho intramolecular Hbond substituents is 1. The summed E-state index contributed by atoms with van der Waals surface area (Å²) in [6.07, 6.45) is 3.60. The lowest BCUT2D eigenvalue weighted by molar-refractivity contribution is -0.133. The molecule has 1 aliphatic carbocycles. The molecule has 0 unspecified atom stereocenters. The number of aromatic nitrogens is 1. The monoisotopic (exact) mass is 492 g/mol. The minimum Gasteiger partial charge on any atom is -0.508 e. The number of rotatable bonds is 6. The molecule has 7 nitrogen and oxygen atoms in total. The molecule has 3 heterocycles. The number of benzene rings is 2. The number of nitrogens with zero attached hydrogens (tertiary/aromatic N) is 3. The third kappa shape index (κ3) is 3.52. The smallest absolute Gasteiger partial charge is 0.328 e. The molecule has 2 aliphatic heterocycles. The molecule has 182 valence electrons. The third-order valence-electron chi connectivity index (χ3n) is 7.88. The van der Waals surface area contributed by atoms with Crippen LogP contribution < -0.4 is 0 Å². The van der Waals surface area contributed by atoms with Gasteiger partial charge in [0, 0.05) is 40.6 Å². The van der Waals surface area contributed by atoms with E-state index < -0.39 is 11.6 Å². The molecule has 2 fully saturated rings. The lowest BCUT2D eigenvalue weighted by Crippen LogP contribution is -2.53. The molecule has 0 spiro atoms. The number of urea groups is 1. The van der Waals surface area contributed by atoms with Crippen molar-refractivity contribution in [1.29, 1.82) is 0 Å². The first kappa shape index (κ1) is 22.4. The SMILES string of the molecule is CN(CCCN1C(=O)N2[C@H](c3cccc(O)c3)c3[nH]c4ccc(Cl)cc4c3C[C@@]2(C)C1=O)C1CC1. The second-order valence-electron chi connectivity index (χ2n) is 10.3. The van der Waals surface area contributed by atoms with Crippen LogP contribution in [-0.4, -0.2) is 68.4 Å². The van der Waals surface area contributed by atoms with Gasteiger partial charge in [0.25, 0.3) is 5.91 Å². The zero-order valence-corrected chi connectivity index (χ0v) is 20.7. The Balaban J connectivity index is 1.42. The molecule has 2 N–H and O–H groups in total. The van der Waals surface area contributed by atoms with Gasteiger partial charge in [-0.3, -0.25) is 14.6 Å².